The maximum absolute atomic E-state index is 5.13. The largest absolute Gasteiger partial charge is 0.500 e. The van der Waals surface area contributed by atoms with Gasteiger partial charge in [0.1, 0.15) is 5.82 Å². The molecule has 0 unspecified atom stereocenters. The summed E-state index contributed by atoms with van der Waals surface area (Å²) < 4.78 is 0. The third-order valence-electron chi connectivity index (χ3n) is 10.1. The summed E-state index contributed by atoms with van der Waals surface area (Å²) in [5, 5.41) is 0. The van der Waals surface area contributed by atoms with E-state index in [4.69, 9.17) is 4.98 Å². The van der Waals surface area contributed by atoms with Gasteiger partial charge in [-0.2, -0.15) is 30.3 Å². The zero-order valence-electron chi connectivity index (χ0n) is 31.1. The van der Waals surface area contributed by atoms with Crippen molar-refractivity contribution in [3.8, 4) is 33.4 Å². The quantitative estimate of drug-likeness (QED) is 0.123. The van der Waals surface area contributed by atoms with Crippen molar-refractivity contribution in [3.63, 3.8) is 0 Å². The monoisotopic (exact) mass is 821 g/mol. The van der Waals surface area contributed by atoms with Crippen LogP contribution in [0.2, 0.25) is 0 Å². The minimum atomic E-state index is 0. The van der Waals surface area contributed by atoms with E-state index in [2.05, 4.69) is 207 Å². The average Bonchev–Trinajstić information content (AvgIpc) is 3.65. The van der Waals surface area contributed by atoms with Gasteiger partial charge in [-0.25, -0.2) is 4.98 Å². The van der Waals surface area contributed by atoms with E-state index in [1.54, 1.807) is 11.8 Å². The summed E-state index contributed by atoms with van der Waals surface area (Å²) in [6.07, 6.45) is 6.18. The first-order valence-corrected chi connectivity index (χ1v) is 19.1. The van der Waals surface area contributed by atoms with Crippen LogP contribution >= 0.6 is 11.8 Å². The van der Waals surface area contributed by atoms with E-state index in [-0.39, 0.29) is 25.8 Å². The van der Waals surface area contributed by atoms with Gasteiger partial charge in [0.25, 0.3) is 0 Å². The van der Waals surface area contributed by atoms with Crippen molar-refractivity contribution in [2.75, 3.05) is 14.7 Å². The summed E-state index contributed by atoms with van der Waals surface area (Å²) >= 11 is 1.67. The molecule has 7 aromatic rings. The van der Waals surface area contributed by atoms with Crippen molar-refractivity contribution >= 4 is 40.3 Å². The first-order valence-electron chi connectivity index (χ1n) is 18.3. The maximum Gasteiger partial charge on any atom is 0.135 e. The van der Waals surface area contributed by atoms with Crippen LogP contribution in [0.25, 0.3) is 33.4 Å². The number of nitrogens with zero attached hydrogens (tertiary/aromatic N) is 4. The molecule has 0 fully saturated rings. The number of aromatic nitrogens is 1. The second-order valence-electron chi connectivity index (χ2n) is 14.7. The van der Waals surface area contributed by atoms with Crippen molar-refractivity contribution in [1.29, 1.82) is 0 Å². The Kier molecular flexibility index (Phi) is 10.0. The fraction of sp³-hybridized carbons (Fsp3) is 0.102. The normalized spacial score (nSPS) is 13.1. The SMILES string of the molecule is Cc1cc(N2c3[c-]c(Sc4[c-]c(N5C=CN(c6ccc(C(C)(C)C)cc6)[CH-]5)ccc4)ccc3-c3ccccc3-c3ccccc32)ncc1-c1ccccc1.[Pd]. The van der Waals surface area contributed by atoms with Gasteiger partial charge in [-0.05, 0) is 71.3 Å². The van der Waals surface area contributed by atoms with E-state index in [9.17, 15) is 0 Å². The Morgan fingerprint density at radius 1 is 0.618 bits per heavy atom. The van der Waals surface area contributed by atoms with E-state index in [0.717, 1.165) is 66.2 Å². The van der Waals surface area contributed by atoms with Crippen LogP contribution in [0.1, 0.15) is 31.9 Å². The summed E-state index contributed by atoms with van der Waals surface area (Å²) in [5.41, 5.74) is 13.7. The Morgan fingerprint density at radius 2 is 1.29 bits per heavy atom. The zero-order valence-corrected chi connectivity index (χ0v) is 33.5. The van der Waals surface area contributed by atoms with Crippen LogP contribution < -0.4 is 14.7 Å². The molecule has 0 atom stereocenters. The van der Waals surface area contributed by atoms with Gasteiger partial charge >= 0.3 is 0 Å². The predicted molar refractivity (Wildman–Crippen MR) is 225 cm³/mol. The molecule has 0 saturated heterocycles. The third-order valence-corrected chi connectivity index (χ3v) is 11.0. The number of fused-ring (bicyclic) bond motifs is 5. The van der Waals surface area contributed by atoms with Gasteiger partial charge in [-0.1, -0.05) is 117 Å². The predicted octanol–water partition coefficient (Wildman–Crippen LogP) is 13.1. The molecule has 0 spiro atoms. The summed E-state index contributed by atoms with van der Waals surface area (Å²) in [5.74, 6) is 0.856. The number of anilines is 5. The summed E-state index contributed by atoms with van der Waals surface area (Å²) in [7, 11) is 0. The molecule has 3 heterocycles. The Morgan fingerprint density at radius 3 is 2.04 bits per heavy atom. The summed E-state index contributed by atoms with van der Waals surface area (Å²) in [6, 6.07) is 57.0. The molecule has 6 aromatic carbocycles. The molecule has 9 rings (SSSR count). The van der Waals surface area contributed by atoms with E-state index < -0.39 is 0 Å². The Bertz CT molecular complexity index is 2520. The van der Waals surface area contributed by atoms with Crippen molar-refractivity contribution in [2.45, 2.75) is 42.9 Å². The fourth-order valence-electron chi connectivity index (χ4n) is 7.26. The maximum atomic E-state index is 5.13. The van der Waals surface area contributed by atoms with Crippen molar-refractivity contribution in [3.05, 3.63) is 188 Å². The number of rotatable bonds is 6. The van der Waals surface area contributed by atoms with Gasteiger partial charge in [0.05, 0.1) is 5.69 Å². The number of hydrogen-bond donors (Lipinski definition) is 0. The van der Waals surface area contributed by atoms with Gasteiger partial charge in [0, 0.05) is 43.4 Å². The second-order valence-corrected chi connectivity index (χ2v) is 15.8. The van der Waals surface area contributed by atoms with Crippen molar-refractivity contribution < 1.29 is 20.4 Å². The molecule has 274 valence electrons. The molecule has 1 aromatic heterocycles. The molecule has 0 radical (unpaired) electrons. The molecule has 2 aliphatic heterocycles. The summed E-state index contributed by atoms with van der Waals surface area (Å²) in [6.45, 7) is 11.0. The van der Waals surface area contributed by atoms with Crippen LogP contribution in [0, 0.1) is 25.7 Å². The molecule has 0 N–H and O–H groups in total. The molecular formula is C49H39N4PdS-3. The minimum absolute atomic E-state index is 0. The number of pyridine rings is 1. The standard InChI is InChI=1S/C49H39N4S.Pd/c1-34-29-48(50-32-45(34)35-13-6-5-7-14-35)53-46-20-11-10-19-43(46)41-17-8-9-18-42(41)44-26-25-40(31-47(44)53)54-39-16-12-15-38(30-39)52-28-27-51(33-52)37-23-21-36(22-24-37)49(2,3)4;/h5-29,32-33H,1-4H3;/q-3;. The van der Waals surface area contributed by atoms with E-state index in [1.165, 1.54) is 16.7 Å². The van der Waals surface area contributed by atoms with Crippen LogP contribution in [0.15, 0.2) is 168 Å². The van der Waals surface area contributed by atoms with Crippen molar-refractivity contribution in [2.24, 2.45) is 0 Å². The van der Waals surface area contributed by atoms with Crippen LogP contribution in [-0.4, -0.2) is 4.98 Å². The van der Waals surface area contributed by atoms with Gasteiger partial charge in [0.15, 0.2) is 0 Å². The van der Waals surface area contributed by atoms with Crippen LogP contribution in [-0.2, 0) is 25.8 Å². The Labute approximate surface area is 342 Å². The molecule has 55 heavy (non-hydrogen) atoms. The van der Waals surface area contributed by atoms with Gasteiger partial charge in [-0.15, -0.1) is 51.6 Å². The molecule has 0 amide bonds. The van der Waals surface area contributed by atoms with Gasteiger partial charge < -0.3 is 14.7 Å². The Hall–Kier alpha value is -5.38. The molecule has 0 aliphatic carbocycles. The van der Waals surface area contributed by atoms with Gasteiger partial charge in [0.2, 0.25) is 0 Å². The average molecular weight is 822 g/mol. The molecular weight excluding hydrogens is 783 g/mol. The summed E-state index contributed by atoms with van der Waals surface area (Å²) in [4.78, 5) is 13.7. The zero-order chi connectivity index (χ0) is 36.8. The van der Waals surface area contributed by atoms with Crippen LogP contribution in [0.3, 0.4) is 0 Å². The minimum Gasteiger partial charge on any atom is -0.500 e. The van der Waals surface area contributed by atoms with Crippen LogP contribution in [0.4, 0.5) is 28.6 Å². The first kappa shape index (κ1) is 36.6. The number of benzene rings is 6. The number of para-hydroxylation sites is 1. The first-order chi connectivity index (χ1) is 26.3. The number of aryl methyl sites for hydroxylation is 1. The fourth-order valence-corrected chi connectivity index (χ4v) is 8.08. The topological polar surface area (TPSA) is 22.6 Å². The van der Waals surface area contributed by atoms with Gasteiger partial charge in [-0.3, -0.25) is 0 Å². The van der Waals surface area contributed by atoms with Crippen molar-refractivity contribution in [1.82, 2.24) is 4.98 Å². The second kappa shape index (κ2) is 15.0. The van der Waals surface area contributed by atoms with E-state index >= 15 is 0 Å². The smallest absolute Gasteiger partial charge is 0.135 e. The molecule has 2 aliphatic rings. The van der Waals surface area contributed by atoms with E-state index in [0.29, 0.717) is 0 Å². The number of hydrogen-bond acceptors (Lipinski definition) is 5. The van der Waals surface area contributed by atoms with E-state index in [1.807, 2.05) is 12.3 Å². The third kappa shape index (κ3) is 7.14. The molecule has 4 nitrogen and oxygen atoms in total. The molecule has 0 bridgehead atoms. The molecule has 0 saturated carbocycles. The van der Waals surface area contributed by atoms with Crippen LogP contribution in [0.5, 0.6) is 0 Å². The molecule has 6 heteroatoms. The Balaban J connectivity index is 0.00000427.